The van der Waals surface area contributed by atoms with Gasteiger partial charge in [0, 0.05) is 0 Å². The molecule has 2 aromatic rings. The van der Waals surface area contributed by atoms with Crippen LogP contribution in [0, 0.1) is 11.7 Å². The maximum atomic E-state index is 14.5. The van der Waals surface area contributed by atoms with Gasteiger partial charge in [-0.15, -0.1) is 0 Å². The molecule has 0 radical (unpaired) electrons. The molecule has 0 atom stereocenters. The van der Waals surface area contributed by atoms with E-state index in [2.05, 4.69) is 4.98 Å². The van der Waals surface area contributed by atoms with Crippen LogP contribution in [-0.4, -0.2) is 17.7 Å². The minimum Gasteiger partial charge on any atom is -0.490 e. The van der Waals surface area contributed by atoms with Crippen molar-refractivity contribution in [1.29, 1.82) is 0 Å². The molecular formula is C16H18FNO2S. The third-order valence-corrected chi connectivity index (χ3v) is 5.42. The van der Waals surface area contributed by atoms with Crippen molar-refractivity contribution in [3.05, 3.63) is 17.9 Å². The Morgan fingerprint density at radius 1 is 1.19 bits per heavy atom. The predicted octanol–water partition coefficient (Wildman–Crippen LogP) is 4.55. The second-order valence-electron chi connectivity index (χ2n) is 5.98. The van der Waals surface area contributed by atoms with Crippen LogP contribution >= 0.6 is 11.3 Å². The highest BCUT2D eigenvalue weighted by atomic mass is 32.1. The summed E-state index contributed by atoms with van der Waals surface area (Å²) in [5, 5.41) is 0.574. The maximum absolute atomic E-state index is 14.5. The molecule has 0 spiro atoms. The van der Waals surface area contributed by atoms with Crippen LogP contribution in [0.15, 0.2) is 12.1 Å². The Balaban J connectivity index is 1.53. The summed E-state index contributed by atoms with van der Waals surface area (Å²) >= 11 is 1.28. The lowest BCUT2D eigenvalue weighted by Crippen LogP contribution is -2.24. The number of rotatable bonds is 5. The van der Waals surface area contributed by atoms with Gasteiger partial charge in [0.25, 0.3) is 5.19 Å². The lowest BCUT2D eigenvalue weighted by Gasteiger charge is -2.25. The number of aromatic nitrogens is 1. The molecule has 0 amide bonds. The molecule has 0 bridgehead atoms. The van der Waals surface area contributed by atoms with E-state index in [0.29, 0.717) is 33.7 Å². The smallest absolute Gasteiger partial charge is 0.274 e. The largest absolute Gasteiger partial charge is 0.490 e. The van der Waals surface area contributed by atoms with Crippen molar-refractivity contribution >= 4 is 21.6 Å². The normalized spacial score (nSPS) is 19.3. The number of halogens is 1. The number of ether oxygens (including phenoxy) is 2. The Morgan fingerprint density at radius 3 is 2.67 bits per heavy atom. The fourth-order valence-electron chi connectivity index (χ4n) is 2.58. The minimum absolute atomic E-state index is 0.267. The number of hydrogen-bond acceptors (Lipinski definition) is 4. The summed E-state index contributed by atoms with van der Waals surface area (Å²) in [5.74, 6) is 0.639. The molecule has 1 aromatic heterocycles. The number of hydrogen-bond donors (Lipinski definition) is 0. The van der Waals surface area contributed by atoms with E-state index in [4.69, 9.17) is 9.47 Å². The van der Waals surface area contributed by atoms with Crippen molar-refractivity contribution in [2.75, 3.05) is 6.61 Å². The fourth-order valence-corrected chi connectivity index (χ4v) is 3.49. The van der Waals surface area contributed by atoms with E-state index < -0.39 is 0 Å². The first kappa shape index (κ1) is 13.3. The van der Waals surface area contributed by atoms with Crippen molar-refractivity contribution in [3.63, 3.8) is 0 Å². The molecule has 5 heteroatoms. The SMILES string of the molecule is Fc1c(OCC2CCC2)ccc2nc(OC3CCC3)sc12. The van der Waals surface area contributed by atoms with E-state index >= 15 is 0 Å². The van der Waals surface area contributed by atoms with Gasteiger partial charge in [0.05, 0.1) is 16.8 Å². The van der Waals surface area contributed by atoms with E-state index in [-0.39, 0.29) is 11.9 Å². The molecule has 2 aliphatic rings. The summed E-state index contributed by atoms with van der Waals surface area (Å²) in [5.41, 5.74) is 0.655. The molecule has 112 valence electrons. The Morgan fingerprint density at radius 2 is 2.00 bits per heavy atom. The topological polar surface area (TPSA) is 31.4 Å². The van der Waals surface area contributed by atoms with Gasteiger partial charge in [0.15, 0.2) is 11.6 Å². The van der Waals surface area contributed by atoms with Gasteiger partial charge in [-0.3, -0.25) is 0 Å². The second-order valence-corrected chi connectivity index (χ2v) is 6.95. The van der Waals surface area contributed by atoms with Crippen LogP contribution in [0.4, 0.5) is 4.39 Å². The number of fused-ring (bicyclic) bond motifs is 1. The van der Waals surface area contributed by atoms with Crippen molar-refractivity contribution in [2.24, 2.45) is 5.92 Å². The Kier molecular flexibility index (Phi) is 3.45. The quantitative estimate of drug-likeness (QED) is 0.812. The molecule has 1 aromatic carbocycles. The lowest BCUT2D eigenvalue weighted by molar-refractivity contribution is 0.120. The van der Waals surface area contributed by atoms with Crippen LogP contribution in [0.1, 0.15) is 38.5 Å². The van der Waals surface area contributed by atoms with E-state index in [0.717, 1.165) is 12.8 Å². The highest BCUT2D eigenvalue weighted by Crippen LogP contribution is 2.37. The van der Waals surface area contributed by atoms with Gasteiger partial charge in [0.1, 0.15) is 6.10 Å². The number of benzene rings is 1. The zero-order valence-electron chi connectivity index (χ0n) is 11.8. The highest BCUT2D eigenvalue weighted by molar-refractivity contribution is 7.20. The van der Waals surface area contributed by atoms with Gasteiger partial charge in [-0.2, -0.15) is 0 Å². The number of thiazole rings is 1. The van der Waals surface area contributed by atoms with Crippen LogP contribution in [0.2, 0.25) is 0 Å². The number of nitrogens with zero attached hydrogens (tertiary/aromatic N) is 1. The molecule has 0 saturated heterocycles. The summed E-state index contributed by atoms with van der Waals surface area (Å²) in [6.45, 7) is 0.618. The van der Waals surface area contributed by atoms with Crippen molar-refractivity contribution in [2.45, 2.75) is 44.6 Å². The first-order valence-electron chi connectivity index (χ1n) is 7.68. The van der Waals surface area contributed by atoms with Crippen LogP contribution in [0.5, 0.6) is 10.9 Å². The minimum atomic E-state index is -0.298. The van der Waals surface area contributed by atoms with Gasteiger partial charge >= 0.3 is 0 Å². The van der Waals surface area contributed by atoms with Crippen LogP contribution in [0.3, 0.4) is 0 Å². The first-order chi connectivity index (χ1) is 10.3. The molecule has 21 heavy (non-hydrogen) atoms. The molecular weight excluding hydrogens is 289 g/mol. The van der Waals surface area contributed by atoms with Crippen molar-refractivity contribution < 1.29 is 13.9 Å². The summed E-state index contributed by atoms with van der Waals surface area (Å²) in [6.07, 6.45) is 7.30. The summed E-state index contributed by atoms with van der Waals surface area (Å²) in [4.78, 5) is 4.36. The maximum Gasteiger partial charge on any atom is 0.274 e. The summed E-state index contributed by atoms with van der Waals surface area (Å²) in [7, 11) is 0. The average Bonchev–Trinajstić information content (AvgIpc) is 2.78. The molecule has 0 aliphatic heterocycles. The highest BCUT2D eigenvalue weighted by Gasteiger charge is 2.23. The second kappa shape index (κ2) is 5.44. The van der Waals surface area contributed by atoms with Gasteiger partial charge < -0.3 is 9.47 Å². The summed E-state index contributed by atoms with van der Waals surface area (Å²) < 4.78 is 26.4. The van der Waals surface area contributed by atoms with E-state index in [1.807, 2.05) is 6.07 Å². The first-order valence-corrected chi connectivity index (χ1v) is 8.50. The van der Waals surface area contributed by atoms with Gasteiger partial charge in [0.2, 0.25) is 0 Å². The Bertz CT molecular complexity index is 649. The van der Waals surface area contributed by atoms with E-state index in [1.165, 1.54) is 37.0 Å². The lowest BCUT2D eigenvalue weighted by atomic mass is 9.86. The molecule has 2 saturated carbocycles. The molecule has 0 unspecified atom stereocenters. The fraction of sp³-hybridized carbons (Fsp3) is 0.562. The standard InChI is InChI=1S/C16H18FNO2S/c17-14-13(19-9-10-3-1-4-10)8-7-12-15(14)21-16(18-12)20-11-5-2-6-11/h7-8,10-11H,1-6,9H2. The van der Waals surface area contributed by atoms with Crippen LogP contribution < -0.4 is 9.47 Å². The zero-order valence-corrected chi connectivity index (χ0v) is 12.6. The monoisotopic (exact) mass is 307 g/mol. The van der Waals surface area contributed by atoms with Gasteiger partial charge in [-0.1, -0.05) is 17.8 Å². The third-order valence-electron chi connectivity index (χ3n) is 4.46. The predicted molar refractivity (Wildman–Crippen MR) is 80.7 cm³/mol. The molecule has 4 rings (SSSR count). The van der Waals surface area contributed by atoms with E-state index in [1.54, 1.807) is 6.07 Å². The van der Waals surface area contributed by atoms with Crippen molar-refractivity contribution in [3.8, 4) is 10.9 Å². The average molecular weight is 307 g/mol. The third kappa shape index (κ3) is 2.59. The van der Waals surface area contributed by atoms with Gasteiger partial charge in [-0.25, -0.2) is 9.37 Å². The summed E-state index contributed by atoms with van der Waals surface area (Å²) in [6, 6.07) is 3.50. The van der Waals surface area contributed by atoms with Crippen LogP contribution in [0.25, 0.3) is 10.2 Å². The van der Waals surface area contributed by atoms with Crippen LogP contribution in [-0.2, 0) is 0 Å². The molecule has 2 aliphatic carbocycles. The van der Waals surface area contributed by atoms with E-state index in [9.17, 15) is 4.39 Å². The molecule has 1 heterocycles. The molecule has 0 N–H and O–H groups in total. The molecule has 3 nitrogen and oxygen atoms in total. The zero-order chi connectivity index (χ0) is 14.2. The Hall–Kier alpha value is -1.36. The van der Waals surface area contributed by atoms with Crippen molar-refractivity contribution in [1.82, 2.24) is 4.98 Å². The molecule has 2 fully saturated rings. The van der Waals surface area contributed by atoms with Gasteiger partial charge in [-0.05, 0) is 50.2 Å². The Labute approximate surface area is 127 Å².